The van der Waals surface area contributed by atoms with Crippen molar-refractivity contribution in [2.75, 3.05) is 26.2 Å². The van der Waals surface area contributed by atoms with Crippen molar-refractivity contribution in [2.24, 2.45) is 0 Å². The highest BCUT2D eigenvalue weighted by atomic mass is 16.5. The summed E-state index contributed by atoms with van der Waals surface area (Å²) in [4.78, 5) is 17.0. The number of aliphatic hydroxyl groups excluding tert-OH is 1. The third-order valence-corrected chi connectivity index (χ3v) is 6.69. The van der Waals surface area contributed by atoms with Crippen LogP contribution in [0.1, 0.15) is 53.4 Å². The second kappa shape index (κ2) is 8.81. The molecule has 6 heteroatoms. The van der Waals surface area contributed by atoms with E-state index in [2.05, 4.69) is 52.5 Å². The van der Waals surface area contributed by atoms with E-state index in [0.717, 1.165) is 38.2 Å². The number of benzene rings is 2. The number of fused-ring (bicyclic) bond motifs is 1. The molecule has 5 rings (SSSR count). The van der Waals surface area contributed by atoms with E-state index in [9.17, 15) is 9.90 Å². The molecule has 31 heavy (non-hydrogen) atoms. The van der Waals surface area contributed by atoms with Gasteiger partial charge < -0.3 is 14.5 Å². The van der Waals surface area contributed by atoms with E-state index in [0.29, 0.717) is 31.7 Å². The minimum atomic E-state index is -0.302. The molecule has 2 saturated heterocycles. The normalized spacial score (nSPS) is 20.9. The van der Waals surface area contributed by atoms with E-state index >= 15 is 0 Å². The van der Waals surface area contributed by atoms with Crippen LogP contribution in [0.2, 0.25) is 0 Å². The minimum absolute atomic E-state index is 0.117. The highest BCUT2D eigenvalue weighted by Gasteiger charge is 2.28. The lowest BCUT2D eigenvalue weighted by Crippen LogP contribution is -2.39. The summed E-state index contributed by atoms with van der Waals surface area (Å²) in [6, 6.07) is 16.9. The van der Waals surface area contributed by atoms with Gasteiger partial charge in [0.15, 0.2) is 0 Å². The summed E-state index contributed by atoms with van der Waals surface area (Å²) >= 11 is 0. The zero-order valence-electron chi connectivity index (χ0n) is 17.7. The van der Waals surface area contributed by atoms with Gasteiger partial charge in [-0.05, 0) is 48.6 Å². The molecule has 0 bridgehead atoms. The van der Waals surface area contributed by atoms with Crippen LogP contribution in [0.4, 0.5) is 0 Å². The minimum Gasteiger partial charge on any atom is -0.393 e. The van der Waals surface area contributed by atoms with E-state index in [1.54, 1.807) is 4.90 Å². The van der Waals surface area contributed by atoms with Crippen LogP contribution < -0.4 is 0 Å². The fourth-order valence-corrected chi connectivity index (χ4v) is 4.92. The number of hydrogen-bond acceptors (Lipinski definition) is 5. The topological polar surface area (TPSA) is 69.8 Å². The maximum atomic E-state index is 12.7. The maximum Gasteiger partial charge on any atom is 0.292 e. The number of carbonyl (C=O) groups is 1. The molecule has 6 nitrogen and oxygen atoms in total. The lowest BCUT2D eigenvalue weighted by molar-refractivity contribution is 0.0512. The average Bonchev–Trinajstić information content (AvgIpc) is 3.30. The molecule has 1 amide bonds. The van der Waals surface area contributed by atoms with Gasteiger partial charge in [0.25, 0.3) is 5.91 Å². The zero-order chi connectivity index (χ0) is 21.2. The van der Waals surface area contributed by atoms with Crippen LogP contribution in [0, 0.1) is 0 Å². The number of carbonyl (C=O) groups excluding carboxylic acids is 1. The fourth-order valence-electron chi connectivity index (χ4n) is 4.92. The van der Waals surface area contributed by atoms with Gasteiger partial charge in [-0.3, -0.25) is 9.69 Å². The predicted octanol–water partition coefficient (Wildman–Crippen LogP) is 3.80. The number of nitrogens with zero attached hydrogens (tertiary/aromatic N) is 3. The highest BCUT2D eigenvalue weighted by Crippen LogP contribution is 2.29. The molecular formula is C25H29N3O3. The van der Waals surface area contributed by atoms with E-state index in [-0.39, 0.29) is 17.9 Å². The lowest BCUT2D eigenvalue weighted by atomic mass is 9.94. The maximum absolute atomic E-state index is 12.7. The molecule has 1 atom stereocenters. The first-order chi connectivity index (χ1) is 15.2. The summed E-state index contributed by atoms with van der Waals surface area (Å²) in [6.07, 6.45) is 3.11. The first-order valence-electron chi connectivity index (χ1n) is 11.3. The second-order valence-electron chi connectivity index (χ2n) is 8.85. The number of likely N-dealkylation sites (tertiary alicyclic amines) is 2. The smallest absolute Gasteiger partial charge is 0.292 e. The van der Waals surface area contributed by atoms with Crippen molar-refractivity contribution in [2.45, 2.75) is 44.2 Å². The standard InChI is InChI=1S/C25H29N3O3/c29-21-10-13-28(14-11-21)25(30)24-15-23(26-31-24)20-8-4-12-27(17-20)16-19-7-3-6-18-5-1-2-9-22(18)19/h1-3,5-7,9,15,20-21,29H,4,8,10-14,16-17H2/t20-/m0/s1. The van der Waals surface area contributed by atoms with Crippen LogP contribution in [-0.4, -0.2) is 58.3 Å². The summed E-state index contributed by atoms with van der Waals surface area (Å²) in [6.45, 7) is 4.03. The fraction of sp³-hybridized carbons (Fsp3) is 0.440. The van der Waals surface area contributed by atoms with Crippen molar-refractivity contribution in [1.82, 2.24) is 15.0 Å². The molecule has 3 heterocycles. The quantitative estimate of drug-likeness (QED) is 0.697. The van der Waals surface area contributed by atoms with Gasteiger partial charge in [-0.2, -0.15) is 0 Å². The molecule has 0 aliphatic carbocycles. The Labute approximate surface area is 182 Å². The van der Waals surface area contributed by atoms with Gasteiger partial charge in [-0.1, -0.05) is 47.6 Å². The number of amides is 1. The van der Waals surface area contributed by atoms with Gasteiger partial charge in [0.05, 0.1) is 11.8 Å². The van der Waals surface area contributed by atoms with Gasteiger partial charge in [0.1, 0.15) is 0 Å². The summed E-state index contributed by atoms with van der Waals surface area (Å²) in [5.41, 5.74) is 2.23. The van der Waals surface area contributed by atoms with E-state index in [1.165, 1.54) is 16.3 Å². The van der Waals surface area contributed by atoms with Crippen LogP contribution in [0.3, 0.4) is 0 Å². The van der Waals surface area contributed by atoms with E-state index in [1.807, 2.05) is 6.07 Å². The molecule has 1 aromatic heterocycles. The Balaban J connectivity index is 1.26. The van der Waals surface area contributed by atoms with Crippen molar-refractivity contribution >= 4 is 16.7 Å². The number of rotatable bonds is 4. The average molecular weight is 420 g/mol. The molecule has 2 aliphatic heterocycles. The van der Waals surface area contributed by atoms with Gasteiger partial charge in [-0.15, -0.1) is 0 Å². The molecule has 2 aromatic carbocycles. The van der Waals surface area contributed by atoms with Crippen LogP contribution >= 0.6 is 0 Å². The molecule has 1 N–H and O–H groups in total. The number of piperidine rings is 2. The largest absolute Gasteiger partial charge is 0.393 e. The van der Waals surface area contributed by atoms with Crippen LogP contribution in [0.25, 0.3) is 10.8 Å². The Bertz CT molecular complexity index is 1050. The monoisotopic (exact) mass is 419 g/mol. The molecule has 162 valence electrons. The van der Waals surface area contributed by atoms with E-state index < -0.39 is 0 Å². The summed E-state index contributed by atoms with van der Waals surface area (Å²) < 4.78 is 5.45. The molecule has 0 radical (unpaired) electrons. The van der Waals surface area contributed by atoms with E-state index in [4.69, 9.17) is 4.52 Å². The molecule has 0 saturated carbocycles. The van der Waals surface area contributed by atoms with Gasteiger partial charge in [0, 0.05) is 38.2 Å². The molecule has 0 unspecified atom stereocenters. The summed E-state index contributed by atoms with van der Waals surface area (Å²) in [5, 5.41) is 16.5. The SMILES string of the molecule is O=C(c1cc([C@H]2CCCN(Cc3cccc4ccccc34)C2)no1)N1CCC(O)CC1. The van der Waals surface area contributed by atoms with Crippen LogP contribution in [0.5, 0.6) is 0 Å². The lowest BCUT2D eigenvalue weighted by Gasteiger charge is -2.32. The second-order valence-corrected chi connectivity index (χ2v) is 8.85. The molecule has 2 fully saturated rings. The predicted molar refractivity (Wildman–Crippen MR) is 119 cm³/mol. The summed E-state index contributed by atoms with van der Waals surface area (Å²) in [5.74, 6) is 0.476. The van der Waals surface area contributed by atoms with Crippen molar-refractivity contribution in [3.63, 3.8) is 0 Å². The van der Waals surface area contributed by atoms with Crippen molar-refractivity contribution in [1.29, 1.82) is 0 Å². The van der Waals surface area contributed by atoms with Crippen LogP contribution in [-0.2, 0) is 6.54 Å². The number of hydrogen-bond donors (Lipinski definition) is 1. The number of aliphatic hydroxyl groups is 1. The van der Waals surface area contributed by atoms with Crippen LogP contribution in [0.15, 0.2) is 53.1 Å². The van der Waals surface area contributed by atoms with Crippen molar-refractivity contribution in [3.8, 4) is 0 Å². The molecule has 3 aromatic rings. The molecule has 2 aliphatic rings. The first kappa shape index (κ1) is 20.2. The Morgan fingerprint density at radius 1 is 1.06 bits per heavy atom. The Morgan fingerprint density at radius 2 is 1.87 bits per heavy atom. The molecular weight excluding hydrogens is 390 g/mol. The van der Waals surface area contributed by atoms with Gasteiger partial charge in [-0.25, -0.2) is 0 Å². The summed E-state index contributed by atoms with van der Waals surface area (Å²) in [7, 11) is 0. The zero-order valence-corrected chi connectivity index (χ0v) is 17.7. The third kappa shape index (κ3) is 4.36. The highest BCUT2D eigenvalue weighted by molar-refractivity contribution is 5.91. The Morgan fingerprint density at radius 3 is 2.74 bits per heavy atom. The molecule has 0 spiro atoms. The third-order valence-electron chi connectivity index (χ3n) is 6.69. The first-order valence-corrected chi connectivity index (χ1v) is 11.3. The van der Waals surface area contributed by atoms with Crippen molar-refractivity contribution < 1.29 is 14.4 Å². The Hall–Kier alpha value is -2.70. The van der Waals surface area contributed by atoms with Gasteiger partial charge in [0.2, 0.25) is 5.76 Å². The Kier molecular flexibility index (Phi) is 5.74. The number of aromatic nitrogens is 1. The van der Waals surface area contributed by atoms with Crippen molar-refractivity contribution in [3.05, 3.63) is 65.5 Å². The van der Waals surface area contributed by atoms with Gasteiger partial charge >= 0.3 is 0 Å².